The smallest absolute Gasteiger partial charge is 0.226 e. The lowest BCUT2D eigenvalue weighted by molar-refractivity contribution is 0.145. The third-order valence-electron chi connectivity index (χ3n) is 2.96. The minimum atomic E-state index is -0.241. The molecule has 2 heterocycles. The van der Waals surface area contributed by atoms with E-state index in [4.69, 9.17) is 10.9 Å². The number of nitrogens with zero attached hydrogens (tertiary/aromatic N) is 4. The lowest BCUT2D eigenvalue weighted by Gasteiger charge is -2.29. The molecular formula is C11H17N5O2. The molecule has 0 unspecified atom stereocenters. The molecule has 0 aliphatic carbocycles. The van der Waals surface area contributed by atoms with Crippen molar-refractivity contribution in [2.45, 2.75) is 25.9 Å². The Morgan fingerprint density at radius 2 is 2.11 bits per heavy atom. The Hall–Kier alpha value is -1.89. The lowest BCUT2D eigenvalue weighted by Crippen LogP contribution is -2.37. The van der Waals surface area contributed by atoms with Gasteiger partial charge >= 0.3 is 0 Å². The van der Waals surface area contributed by atoms with Gasteiger partial charge in [-0.05, 0) is 25.8 Å². The molecule has 4 N–H and O–H groups in total. The number of hydrogen-bond donors (Lipinski definition) is 3. The average Bonchev–Trinajstić information content (AvgIpc) is 2.38. The summed E-state index contributed by atoms with van der Waals surface area (Å²) in [6.07, 6.45) is 1.17. The first-order valence-electron chi connectivity index (χ1n) is 5.86. The van der Waals surface area contributed by atoms with Crippen LogP contribution in [0.25, 0.3) is 0 Å². The summed E-state index contributed by atoms with van der Waals surface area (Å²) in [6, 6.07) is 1.66. The van der Waals surface area contributed by atoms with Crippen LogP contribution in [0.2, 0.25) is 0 Å². The van der Waals surface area contributed by atoms with E-state index in [2.05, 4.69) is 15.1 Å². The first-order valence-corrected chi connectivity index (χ1v) is 5.86. The Kier molecular flexibility index (Phi) is 3.61. The van der Waals surface area contributed by atoms with Gasteiger partial charge in [0.05, 0.1) is 6.10 Å². The van der Waals surface area contributed by atoms with Gasteiger partial charge in [-0.15, -0.1) is 0 Å². The molecule has 2 rings (SSSR count). The van der Waals surface area contributed by atoms with Gasteiger partial charge in [-0.1, -0.05) is 5.16 Å². The normalized spacial score (nSPS) is 18.1. The molecule has 0 atom stereocenters. The van der Waals surface area contributed by atoms with E-state index in [-0.39, 0.29) is 11.9 Å². The van der Waals surface area contributed by atoms with Crippen molar-refractivity contribution in [1.29, 1.82) is 0 Å². The molecular weight excluding hydrogens is 234 g/mol. The molecule has 0 saturated carbocycles. The Bertz CT molecular complexity index is 455. The van der Waals surface area contributed by atoms with Crippen molar-refractivity contribution >= 4 is 11.8 Å². The van der Waals surface area contributed by atoms with Gasteiger partial charge in [0.1, 0.15) is 5.69 Å². The molecule has 0 bridgehead atoms. The van der Waals surface area contributed by atoms with Crippen LogP contribution < -0.4 is 10.6 Å². The van der Waals surface area contributed by atoms with Crippen LogP contribution in [0.3, 0.4) is 0 Å². The molecule has 1 aliphatic rings. The minimum Gasteiger partial charge on any atom is -0.409 e. The zero-order chi connectivity index (χ0) is 13.1. The highest BCUT2D eigenvalue weighted by molar-refractivity contribution is 5.95. The highest BCUT2D eigenvalue weighted by atomic mass is 16.4. The number of hydrogen-bond acceptors (Lipinski definition) is 6. The minimum absolute atomic E-state index is 0.0289. The number of piperidine rings is 1. The molecule has 0 radical (unpaired) electrons. The van der Waals surface area contributed by atoms with E-state index in [0.717, 1.165) is 5.69 Å². The first kappa shape index (κ1) is 12.6. The summed E-state index contributed by atoms with van der Waals surface area (Å²) >= 11 is 0. The average molecular weight is 251 g/mol. The van der Waals surface area contributed by atoms with Crippen LogP contribution in [-0.4, -0.2) is 45.3 Å². The number of amidine groups is 1. The van der Waals surface area contributed by atoms with Crippen molar-refractivity contribution in [3.63, 3.8) is 0 Å². The summed E-state index contributed by atoms with van der Waals surface area (Å²) < 4.78 is 0. The predicted molar refractivity (Wildman–Crippen MR) is 66.7 cm³/mol. The number of aromatic nitrogens is 2. The molecule has 0 aromatic carbocycles. The monoisotopic (exact) mass is 251 g/mol. The highest BCUT2D eigenvalue weighted by Gasteiger charge is 2.20. The van der Waals surface area contributed by atoms with Crippen molar-refractivity contribution in [3.8, 4) is 0 Å². The molecule has 1 saturated heterocycles. The standard InChI is InChI=1S/C11H17N5O2/c1-7-6-9(10(12)15-18)14-11(13-7)16-4-2-8(17)3-5-16/h6,8,17-18H,2-5H2,1H3,(H2,12,15). The maximum Gasteiger partial charge on any atom is 0.226 e. The predicted octanol–water partition coefficient (Wildman–Crippen LogP) is -0.159. The number of anilines is 1. The van der Waals surface area contributed by atoms with E-state index in [1.807, 2.05) is 11.8 Å². The zero-order valence-electron chi connectivity index (χ0n) is 10.2. The van der Waals surface area contributed by atoms with Crippen molar-refractivity contribution in [2.24, 2.45) is 10.9 Å². The molecule has 98 valence electrons. The van der Waals surface area contributed by atoms with E-state index < -0.39 is 0 Å². The third-order valence-corrected chi connectivity index (χ3v) is 2.96. The molecule has 1 aromatic heterocycles. The number of aliphatic hydroxyl groups is 1. The van der Waals surface area contributed by atoms with Gasteiger partial charge in [0.25, 0.3) is 0 Å². The van der Waals surface area contributed by atoms with Gasteiger partial charge in [0.2, 0.25) is 5.95 Å². The van der Waals surface area contributed by atoms with Crippen molar-refractivity contribution in [3.05, 3.63) is 17.5 Å². The molecule has 1 aromatic rings. The van der Waals surface area contributed by atoms with Crippen LogP contribution in [0, 0.1) is 6.92 Å². The van der Waals surface area contributed by atoms with Crippen LogP contribution in [0.1, 0.15) is 24.2 Å². The van der Waals surface area contributed by atoms with Gasteiger partial charge < -0.3 is 20.9 Å². The summed E-state index contributed by atoms with van der Waals surface area (Å²) in [5, 5.41) is 21.1. The van der Waals surface area contributed by atoms with Gasteiger partial charge in [-0.2, -0.15) is 0 Å². The van der Waals surface area contributed by atoms with E-state index in [1.165, 1.54) is 0 Å². The topological polar surface area (TPSA) is 108 Å². The maximum absolute atomic E-state index is 9.47. The van der Waals surface area contributed by atoms with Gasteiger partial charge in [0, 0.05) is 18.8 Å². The fraction of sp³-hybridized carbons (Fsp3) is 0.545. The zero-order valence-corrected chi connectivity index (χ0v) is 10.2. The number of aliphatic hydroxyl groups excluding tert-OH is 1. The van der Waals surface area contributed by atoms with E-state index in [0.29, 0.717) is 37.6 Å². The van der Waals surface area contributed by atoms with Crippen molar-refractivity contribution < 1.29 is 10.3 Å². The second-order valence-electron chi connectivity index (χ2n) is 4.40. The number of aryl methyl sites for hydroxylation is 1. The SMILES string of the molecule is Cc1cc(/C(N)=N/O)nc(N2CCC(O)CC2)n1. The summed E-state index contributed by atoms with van der Waals surface area (Å²) in [4.78, 5) is 10.6. The lowest BCUT2D eigenvalue weighted by atomic mass is 10.1. The van der Waals surface area contributed by atoms with Crippen LogP contribution >= 0.6 is 0 Å². The maximum atomic E-state index is 9.47. The molecule has 0 amide bonds. The van der Waals surface area contributed by atoms with Crippen LogP contribution in [0.4, 0.5) is 5.95 Å². The molecule has 7 heteroatoms. The Labute approximate surface area is 105 Å². The number of rotatable bonds is 2. The van der Waals surface area contributed by atoms with Gasteiger partial charge in [-0.3, -0.25) is 0 Å². The quantitative estimate of drug-likeness (QED) is 0.292. The second-order valence-corrected chi connectivity index (χ2v) is 4.40. The summed E-state index contributed by atoms with van der Waals surface area (Å²) in [5.74, 6) is 0.530. The first-order chi connectivity index (χ1) is 8.60. The van der Waals surface area contributed by atoms with Crippen LogP contribution in [0.15, 0.2) is 11.2 Å². The summed E-state index contributed by atoms with van der Waals surface area (Å²) in [5.41, 5.74) is 6.70. The Morgan fingerprint density at radius 1 is 1.44 bits per heavy atom. The van der Waals surface area contributed by atoms with Crippen LogP contribution in [-0.2, 0) is 0 Å². The molecule has 7 nitrogen and oxygen atoms in total. The molecule has 1 fully saturated rings. The van der Waals surface area contributed by atoms with Crippen LogP contribution in [0.5, 0.6) is 0 Å². The molecule has 0 spiro atoms. The number of oxime groups is 1. The largest absolute Gasteiger partial charge is 0.409 e. The second kappa shape index (κ2) is 5.18. The summed E-state index contributed by atoms with van der Waals surface area (Å²) in [6.45, 7) is 3.25. The Balaban J connectivity index is 2.25. The van der Waals surface area contributed by atoms with E-state index in [1.54, 1.807) is 6.07 Å². The highest BCUT2D eigenvalue weighted by Crippen LogP contribution is 2.17. The Morgan fingerprint density at radius 3 is 2.72 bits per heavy atom. The fourth-order valence-electron chi connectivity index (χ4n) is 1.94. The third kappa shape index (κ3) is 2.67. The van der Waals surface area contributed by atoms with Gasteiger partial charge in [-0.25, -0.2) is 9.97 Å². The summed E-state index contributed by atoms with van der Waals surface area (Å²) in [7, 11) is 0. The number of nitrogens with two attached hydrogens (primary N) is 1. The van der Waals surface area contributed by atoms with E-state index >= 15 is 0 Å². The molecule has 1 aliphatic heterocycles. The van der Waals surface area contributed by atoms with Gasteiger partial charge in [0.15, 0.2) is 5.84 Å². The molecule has 18 heavy (non-hydrogen) atoms. The fourth-order valence-corrected chi connectivity index (χ4v) is 1.94. The van der Waals surface area contributed by atoms with E-state index in [9.17, 15) is 5.11 Å². The van der Waals surface area contributed by atoms with Crippen molar-refractivity contribution in [1.82, 2.24) is 9.97 Å². The van der Waals surface area contributed by atoms with Crippen molar-refractivity contribution in [2.75, 3.05) is 18.0 Å².